The fourth-order valence-corrected chi connectivity index (χ4v) is 3.17. The highest BCUT2D eigenvalue weighted by molar-refractivity contribution is 6.18. The molecule has 0 bridgehead atoms. The van der Waals surface area contributed by atoms with Crippen LogP contribution in [-0.2, 0) is 6.54 Å². The van der Waals surface area contributed by atoms with Gasteiger partial charge in [-0.3, -0.25) is 4.68 Å². The number of aliphatic hydroxyl groups is 2. The third-order valence-corrected chi connectivity index (χ3v) is 5.36. The van der Waals surface area contributed by atoms with Crippen molar-refractivity contribution < 1.29 is 23.5 Å². The molecule has 4 rings (SSSR count). The highest BCUT2D eigenvalue weighted by Crippen LogP contribution is 2.26. The first-order valence-electron chi connectivity index (χ1n) is 9.80. The topological polar surface area (TPSA) is 122 Å². The summed E-state index contributed by atoms with van der Waals surface area (Å²) in [5, 5.41) is 30.4. The first-order chi connectivity index (χ1) is 15.9. The number of nitrogens with one attached hydrogen (secondary N) is 1. The number of anilines is 1. The standard InChI is InChI=1S/C21H19ClF2N6O3/c22-10-21(32,12-31)11-26-19-15(24)8-25-20(27-19)17-7-18(16-5-6-33-29-16)30(28-17)9-13-3-1-2-4-14(13)23/h1-8,31-32H,9-12H2,(H,25,26,27). The van der Waals surface area contributed by atoms with Gasteiger partial charge >= 0.3 is 0 Å². The summed E-state index contributed by atoms with van der Waals surface area (Å²) in [6, 6.07) is 9.55. The maximum Gasteiger partial charge on any atom is 0.183 e. The van der Waals surface area contributed by atoms with Crippen molar-refractivity contribution >= 4 is 17.4 Å². The van der Waals surface area contributed by atoms with Crippen molar-refractivity contribution in [3.63, 3.8) is 0 Å². The quantitative estimate of drug-likeness (QED) is 0.315. The van der Waals surface area contributed by atoms with Gasteiger partial charge in [0.2, 0.25) is 0 Å². The summed E-state index contributed by atoms with van der Waals surface area (Å²) in [5.74, 6) is -1.55. The van der Waals surface area contributed by atoms with Gasteiger partial charge in [0.25, 0.3) is 0 Å². The fraction of sp³-hybridized carbons (Fsp3) is 0.238. The largest absolute Gasteiger partial charge is 0.393 e. The van der Waals surface area contributed by atoms with Crippen LogP contribution in [0.5, 0.6) is 0 Å². The van der Waals surface area contributed by atoms with Gasteiger partial charge in [0.15, 0.2) is 17.5 Å². The summed E-state index contributed by atoms with van der Waals surface area (Å²) >= 11 is 5.66. The summed E-state index contributed by atoms with van der Waals surface area (Å²) in [6.07, 6.45) is 2.35. The van der Waals surface area contributed by atoms with Gasteiger partial charge in [-0.25, -0.2) is 18.7 Å². The van der Waals surface area contributed by atoms with E-state index in [4.69, 9.17) is 16.1 Å². The fourth-order valence-electron chi connectivity index (χ4n) is 2.99. The second kappa shape index (κ2) is 9.61. The molecule has 0 aliphatic rings. The van der Waals surface area contributed by atoms with Gasteiger partial charge < -0.3 is 20.1 Å². The van der Waals surface area contributed by atoms with E-state index in [-0.39, 0.29) is 42.1 Å². The molecule has 0 aliphatic heterocycles. The van der Waals surface area contributed by atoms with Crippen LogP contribution < -0.4 is 5.32 Å². The van der Waals surface area contributed by atoms with Crippen LogP contribution in [-0.4, -0.2) is 59.8 Å². The molecular formula is C21H19ClF2N6O3. The minimum atomic E-state index is -1.65. The molecule has 0 amide bonds. The highest BCUT2D eigenvalue weighted by atomic mass is 35.5. The van der Waals surface area contributed by atoms with Crippen LogP contribution in [0.25, 0.3) is 22.9 Å². The summed E-state index contributed by atoms with van der Waals surface area (Å²) in [6.45, 7) is -0.767. The summed E-state index contributed by atoms with van der Waals surface area (Å²) in [7, 11) is 0. The summed E-state index contributed by atoms with van der Waals surface area (Å²) in [4.78, 5) is 8.14. The molecule has 0 radical (unpaired) electrons. The van der Waals surface area contributed by atoms with Crippen LogP contribution in [0.1, 0.15) is 5.56 Å². The number of halogens is 3. The van der Waals surface area contributed by atoms with Crippen LogP contribution >= 0.6 is 11.6 Å². The molecule has 0 spiro atoms. The predicted octanol–water partition coefficient (Wildman–Crippen LogP) is 2.70. The van der Waals surface area contributed by atoms with E-state index >= 15 is 0 Å². The van der Waals surface area contributed by atoms with Gasteiger partial charge in [-0.2, -0.15) is 5.10 Å². The van der Waals surface area contributed by atoms with Gasteiger partial charge in [0, 0.05) is 18.2 Å². The molecule has 4 aromatic rings. The van der Waals surface area contributed by atoms with Gasteiger partial charge in [0.1, 0.15) is 29.1 Å². The smallest absolute Gasteiger partial charge is 0.183 e. The maximum absolute atomic E-state index is 14.3. The first-order valence-corrected chi connectivity index (χ1v) is 10.3. The molecule has 172 valence electrons. The molecule has 0 saturated carbocycles. The van der Waals surface area contributed by atoms with Crippen LogP contribution in [0.15, 0.2) is 53.4 Å². The number of aromatic nitrogens is 5. The zero-order valence-electron chi connectivity index (χ0n) is 17.1. The van der Waals surface area contributed by atoms with Crippen molar-refractivity contribution in [2.45, 2.75) is 12.1 Å². The monoisotopic (exact) mass is 476 g/mol. The van der Waals surface area contributed by atoms with E-state index in [1.165, 1.54) is 17.0 Å². The van der Waals surface area contributed by atoms with Crippen LogP contribution in [0.2, 0.25) is 0 Å². The molecule has 0 fully saturated rings. The van der Waals surface area contributed by atoms with Gasteiger partial charge in [-0.1, -0.05) is 23.4 Å². The molecule has 3 N–H and O–H groups in total. The van der Waals surface area contributed by atoms with E-state index in [1.807, 2.05) is 0 Å². The lowest BCUT2D eigenvalue weighted by molar-refractivity contribution is 0.0162. The van der Waals surface area contributed by atoms with Crippen LogP contribution in [0.4, 0.5) is 14.6 Å². The summed E-state index contributed by atoms with van der Waals surface area (Å²) in [5.41, 5.74) is 0.00769. The Morgan fingerprint density at radius 3 is 2.67 bits per heavy atom. The number of hydrogen-bond acceptors (Lipinski definition) is 8. The Hall–Kier alpha value is -3.41. The van der Waals surface area contributed by atoms with E-state index in [0.717, 1.165) is 6.20 Å². The Balaban J connectivity index is 1.68. The Kier molecular flexibility index (Phi) is 6.63. The average molecular weight is 477 g/mol. The van der Waals surface area contributed by atoms with Crippen LogP contribution in [0.3, 0.4) is 0 Å². The third kappa shape index (κ3) is 5.00. The number of hydrogen-bond donors (Lipinski definition) is 3. The molecule has 12 heteroatoms. The first kappa shape index (κ1) is 22.8. The van der Waals surface area contributed by atoms with E-state index in [1.54, 1.807) is 30.3 Å². The number of alkyl halides is 1. The summed E-state index contributed by atoms with van der Waals surface area (Å²) < 4.78 is 34.9. The van der Waals surface area contributed by atoms with Crippen LogP contribution in [0, 0.1) is 11.6 Å². The molecule has 3 aromatic heterocycles. The van der Waals surface area contributed by atoms with Crippen molar-refractivity contribution in [1.82, 2.24) is 24.9 Å². The lowest BCUT2D eigenvalue weighted by Crippen LogP contribution is -2.42. The zero-order valence-corrected chi connectivity index (χ0v) is 17.9. The molecule has 1 aromatic carbocycles. The normalized spacial score (nSPS) is 13.1. The van der Waals surface area contributed by atoms with Gasteiger partial charge in [-0.15, -0.1) is 11.6 Å². The molecule has 33 heavy (non-hydrogen) atoms. The van der Waals surface area contributed by atoms with Crippen molar-refractivity contribution in [3.8, 4) is 22.9 Å². The maximum atomic E-state index is 14.3. The Bertz CT molecular complexity index is 1230. The molecular weight excluding hydrogens is 458 g/mol. The van der Waals surface area contributed by atoms with E-state index < -0.39 is 18.0 Å². The Labute approximate surface area is 191 Å². The molecule has 1 atom stereocenters. The van der Waals surface area contributed by atoms with Crippen molar-refractivity contribution in [1.29, 1.82) is 0 Å². The number of rotatable bonds is 9. The second-order valence-corrected chi connectivity index (χ2v) is 7.58. The van der Waals surface area contributed by atoms with Crippen molar-refractivity contribution in [2.75, 3.05) is 24.3 Å². The minimum Gasteiger partial charge on any atom is -0.393 e. The van der Waals surface area contributed by atoms with E-state index in [0.29, 0.717) is 17.0 Å². The molecule has 9 nitrogen and oxygen atoms in total. The lowest BCUT2D eigenvalue weighted by atomic mass is 10.1. The van der Waals surface area contributed by atoms with E-state index in [2.05, 4.69) is 25.5 Å². The lowest BCUT2D eigenvalue weighted by Gasteiger charge is -2.23. The van der Waals surface area contributed by atoms with Gasteiger partial charge in [0.05, 0.1) is 30.9 Å². The predicted molar refractivity (Wildman–Crippen MR) is 115 cm³/mol. The SMILES string of the molecule is OCC(O)(CCl)CNc1nc(-c2cc(-c3ccon3)n(Cc3ccccc3F)n2)ncc1F. The third-order valence-electron chi connectivity index (χ3n) is 4.86. The second-order valence-electron chi connectivity index (χ2n) is 7.31. The molecule has 0 aliphatic carbocycles. The number of benzene rings is 1. The molecule has 3 heterocycles. The zero-order chi connectivity index (χ0) is 23.4. The van der Waals surface area contributed by atoms with E-state index in [9.17, 15) is 19.0 Å². The number of nitrogens with zero attached hydrogens (tertiary/aromatic N) is 5. The Morgan fingerprint density at radius 1 is 1.15 bits per heavy atom. The Morgan fingerprint density at radius 2 is 1.97 bits per heavy atom. The highest BCUT2D eigenvalue weighted by Gasteiger charge is 2.26. The van der Waals surface area contributed by atoms with Crippen molar-refractivity contribution in [3.05, 3.63) is 66.1 Å². The van der Waals surface area contributed by atoms with Crippen molar-refractivity contribution in [2.24, 2.45) is 0 Å². The average Bonchev–Trinajstić information content (AvgIpc) is 3.50. The number of aliphatic hydroxyl groups excluding tert-OH is 1. The molecule has 1 unspecified atom stereocenters. The van der Waals surface area contributed by atoms with Gasteiger partial charge in [-0.05, 0) is 12.1 Å². The molecule has 0 saturated heterocycles. The minimum absolute atomic E-state index is 0.0781.